The zero-order valence-electron chi connectivity index (χ0n) is 9.83. The topological polar surface area (TPSA) is 41.1 Å². The Hall–Kier alpha value is -0.770. The van der Waals surface area contributed by atoms with Crippen molar-refractivity contribution in [1.82, 2.24) is 10.6 Å². The molecule has 0 bridgehead atoms. The number of carbonyl (C=O) groups excluding carboxylic acids is 1. The first-order valence-corrected chi connectivity index (χ1v) is 5.87. The largest absolute Gasteiger partial charge is 0.351 e. The van der Waals surface area contributed by atoms with Gasteiger partial charge in [-0.2, -0.15) is 0 Å². The summed E-state index contributed by atoms with van der Waals surface area (Å²) < 4.78 is 0. The minimum atomic E-state index is -0.121. The summed E-state index contributed by atoms with van der Waals surface area (Å²) in [5.41, 5.74) is 0.527. The Labute approximate surface area is 113 Å². The first-order valence-electron chi connectivity index (χ1n) is 5.49. The van der Waals surface area contributed by atoms with Crippen LogP contribution < -0.4 is 10.6 Å². The van der Waals surface area contributed by atoms with Gasteiger partial charge in [-0.1, -0.05) is 30.7 Å². The minimum absolute atomic E-state index is 0. The smallest absolute Gasteiger partial charge is 0.252 e. The van der Waals surface area contributed by atoms with Crippen LogP contribution in [0.15, 0.2) is 24.3 Å². The van der Waals surface area contributed by atoms with Crippen LogP contribution in [0.4, 0.5) is 0 Å². The zero-order valence-corrected chi connectivity index (χ0v) is 11.4. The molecular formula is C12H18Cl2N2O. The maximum atomic E-state index is 11.7. The second kappa shape index (κ2) is 9.28. The molecule has 0 unspecified atom stereocenters. The third kappa shape index (κ3) is 5.91. The lowest BCUT2D eigenvalue weighted by molar-refractivity contribution is 0.0954. The number of benzene rings is 1. The highest BCUT2D eigenvalue weighted by Crippen LogP contribution is 2.14. The van der Waals surface area contributed by atoms with Gasteiger partial charge in [-0.25, -0.2) is 0 Å². The van der Waals surface area contributed by atoms with Crippen LogP contribution >= 0.6 is 24.0 Å². The molecule has 0 saturated heterocycles. The van der Waals surface area contributed by atoms with E-state index in [4.69, 9.17) is 11.6 Å². The minimum Gasteiger partial charge on any atom is -0.351 e. The van der Waals surface area contributed by atoms with E-state index < -0.39 is 0 Å². The summed E-state index contributed by atoms with van der Waals surface area (Å²) in [4.78, 5) is 11.7. The Bertz CT molecular complexity index is 345. The SMILES string of the molecule is CCCNCCNC(=O)c1ccccc1Cl.Cl. The summed E-state index contributed by atoms with van der Waals surface area (Å²) in [6, 6.07) is 7.04. The Balaban J connectivity index is 0.00000256. The first-order chi connectivity index (χ1) is 7.75. The molecule has 0 aromatic heterocycles. The average Bonchev–Trinajstić information content (AvgIpc) is 2.29. The normalized spacial score (nSPS) is 9.53. The molecule has 5 heteroatoms. The highest BCUT2D eigenvalue weighted by molar-refractivity contribution is 6.33. The first kappa shape index (κ1) is 16.2. The van der Waals surface area contributed by atoms with Crippen LogP contribution in [-0.2, 0) is 0 Å². The summed E-state index contributed by atoms with van der Waals surface area (Å²) in [6.45, 7) is 4.48. The molecule has 0 aliphatic carbocycles. The van der Waals surface area contributed by atoms with Crippen molar-refractivity contribution < 1.29 is 4.79 Å². The second-order valence-corrected chi connectivity index (χ2v) is 3.89. The number of hydrogen-bond donors (Lipinski definition) is 2. The number of halogens is 2. The fraction of sp³-hybridized carbons (Fsp3) is 0.417. The molecule has 0 heterocycles. The van der Waals surface area contributed by atoms with Crippen molar-refractivity contribution in [2.24, 2.45) is 0 Å². The predicted molar refractivity (Wildman–Crippen MR) is 74.2 cm³/mol. The number of nitrogens with one attached hydrogen (secondary N) is 2. The van der Waals surface area contributed by atoms with Crippen molar-refractivity contribution in [2.75, 3.05) is 19.6 Å². The summed E-state index contributed by atoms with van der Waals surface area (Å²) in [6.07, 6.45) is 1.10. The van der Waals surface area contributed by atoms with E-state index in [1.54, 1.807) is 18.2 Å². The molecule has 0 radical (unpaired) electrons. The Morgan fingerprint density at radius 3 is 2.59 bits per heavy atom. The van der Waals surface area contributed by atoms with E-state index in [-0.39, 0.29) is 18.3 Å². The number of amides is 1. The molecule has 1 amide bonds. The summed E-state index contributed by atoms with van der Waals surface area (Å²) >= 11 is 5.91. The molecule has 2 N–H and O–H groups in total. The van der Waals surface area contributed by atoms with E-state index in [2.05, 4.69) is 17.6 Å². The van der Waals surface area contributed by atoms with E-state index in [0.717, 1.165) is 19.5 Å². The number of rotatable bonds is 6. The van der Waals surface area contributed by atoms with Gasteiger partial charge in [-0.15, -0.1) is 12.4 Å². The molecule has 1 rings (SSSR count). The van der Waals surface area contributed by atoms with Gasteiger partial charge in [0.1, 0.15) is 0 Å². The molecule has 3 nitrogen and oxygen atoms in total. The van der Waals surface area contributed by atoms with Crippen LogP contribution in [0.3, 0.4) is 0 Å². The van der Waals surface area contributed by atoms with Crippen molar-refractivity contribution in [3.8, 4) is 0 Å². The summed E-state index contributed by atoms with van der Waals surface area (Å²) in [5, 5.41) is 6.51. The van der Waals surface area contributed by atoms with E-state index in [1.807, 2.05) is 6.07 Å². The molecule has 0 atom stereocenters. The molecule has 1 aromatic rings. The van der Waals surface area contributed by atoms with Crippen LogP contribution in [0.5, 0.6) is 0 Å². The Morgan fingerprint density at radius 2 is 1.94 bits per heavy atom. The Kier molecular flexibility index (Phi) is 8.86. The third-order valence-corrected chi connectivity index (χ3v) is 2.46. The van der Waals surface area contributed by atoms with Gasteiger partial charge < -0.3 is 10.6 Å². The van der Waals surface area contributed by atoms with Crippen molar-refractivity contribution >= 4 is 29.9 Å². The van der Waals surface area contributed by atoms with Crippen molar-refractivity contribution in [3.63, 3.8) is 0 Å². The van der Waals surface area contributed by atoms with Crippen molar-refractivity contribution in [2.45, 2.75) is 13.3 Å². The monoisotopic (exact) mass is 276 g/mol. The highest BCUT2D eigenvalue weighted by Gasteiger charge is 2.07. The van der Waals surface area contributed by atoms with Gasteiger partial charge in [0.15, 0.2) is 0 Å². The van der Waals surface area contributed by atoms with Gasteiger partial charge in [0.25, 0.3) is 5.91 Å². The van der Waals surface area contributed by atoms with Crippen LogP contribution in [0.2, 0.25) is 5.02 Å². The number of carbonyl (C=O) groups is 1. The molecule has 0 fully saturated rings. The average molecular weight is 277 g/mol. The molecule has 1 aromatic carbocycles. The maximum absolute atomic E-state index is 11.7. The molecular weight excluding hydrogens is 259 g/mol. The maximum Gasteiger partial charge on any atom is 0.252 e. The molecule has 0 saturated carbocycles. The predicted octanol–water partition coefficient (Wildman–Crippen LogP) is 2.49. The number of hydrogen-bond acceptors (Lipinski definition) is 2. The second-order valence-electron chi connectivity index (χ2n) is 3.49. The van der Waals surface area contributed by atoms with E-state index in [9.17, 15) is 4.79 Å². The molecule has 0 aliphatic rings. The Morgan fingerprint density at radius 1 is 1.24 bits per heavy atom. The van der Waals surface area contributed by atoms with Crippen LogP contribution in [-0.4, -0.2) is 25.5 Å². The van der Waals surface area contributed by atoms with E-state index >= 15 is 0 Å². The van der Waals surface area contributed by atoms with Crippen LogP contribution in [0.1, 0.15) is 23.7 Å². The van der Waals surface area contributed by atoms with E-state index in [1.165, 1.54) is 0 Å². The zero-order chi connectivity index (χ0) is 11.8. The van der Waals surface area contributed by atoms with Gasteiger partial charge in [0.2, 0.25) is 0 Å². The van der Waals surface area contributed by atoms with Gasteiger partial charge in [-0.3, -0.25) is 4.79 Å². The highest BCUT2D eigenvalue weighted by atomic mass is 35.5. The lowest BCUT2D eigenvalue weighted by Gasteiger charge is -2.07. The van der Waals surface area contributed by atoms with Crippen molar-refractivity contribution in [3.05, 3.63) is 34.9 Å². The van der Waals surface area contributed by atoms with Crippen molar-refractivity contribution in [1.29, 1.82) is 0 Å². The fourth-order valence-corrected chi connectivity index (χ4v) is 1.53. The van der Waals surface area contributed by atoms with E-state index in [0.29, 0.717) is 17.1 Å². The standard InChI is InChI=1S/C12H17ClN2O.ClH/c1-2-7-14-8-9-15-12(16)10-5-3-4-6-11(10)13;/h3-6,14H,2,7-9H2,1H3,(H,15,16);1H. The lowest BCUT2D eigenvalue weighted by Crippen LogP contribution is -2.32. The van der Waals surface area contributed by atoms with Crippen LogP contribution in [0.25, 0.3) is 0 Å². The molecule has 96 valence electrons. The lowest BCUT2D eigenvalue weighted by atomic mass is 10.2. The van der Waals surface area contributed by atoms with Crippen LogP contribution in [0, 0.1) is 0 Å². The molecule has 0 spiro atoms. The fourth-order valence-electron chi connectivity index (χ4n) is 1.31. The van der Waals surface area contributed by atoms with Gasteiger partial charge in [0, 0.05) is 13.1 Å². The summed E-state index contributed by atoms with van der Waals surface area (Å²) in [7, 11) is 0. The molecule has 17 heavy (non-hydrogen) atoms. The quantitative estimate of drug-likeness (QED) is 0.784. The van der Waals surface area contributed by atoms with Gasteiger partial charge >= 0.3 is 0 Å². The van der Waals surface area contributed by atoms with Gasteiger partial charge in [0.05, 0.1) is 10.6 Å². The molecule has 0 aliphatic heterocycles. The third-order valence-electron chi connectivity index (χ3n) is 2.13. The summed E-state index contributed by atoms with van der Waals surface area (Å²) in [5.74, 6) is -0.121. The van der Waals surface area contributed by atoms with Gasteiger partial charge in [-0.05, 0) is 25.1 Å².